The van der Waals surface area contributed by atoms with Crippen molar-refractivity contribution < 1.29 is 4.79 Å². The first-order chi connectivity index (χ1) is 11.6. The summed E-state index contributed by atoms with van der Waals surface area (Å²) in [5.41, 5.74) is 10.7. The van der Waals surface area contributed by atoms with Crippen LogP contribution < -0.4 is 16.4 Å². The second-order valence-corrected chi connectivity index (χ2v) is 5.90. The molecule has 1 aliphatic carbocycles. The molecule has 0 fully saturated rings. The van der Waals surface area contributed by atoms with Crippen LogP contribution >= 0.6 is 24.0 Å². The number of carbonyl (C=O) groups is 1. The average Bonchev–Trinajstić information content (AvgIpc) is 3.01. The standard InChI is InChI=1S/C18H21N5O.HI/c1-12(24)22-17-8-5-13(10-20-17)11-21-18(19)23-16-7-6-14-3-2-4-15(14)9-16;/h5-10H,2-4,11H2,1H3,(H3,19,21,23)(H,20,22,24);1H. The molecular weight excluding hydrogens is 429 g/mol. The second-order valence-electron chi connectivity index (χ2n) is 5.90. The maximum absolute atomic E-state index is 11.0. The van der Waals surface area contributed by atoms with Crippen LogP contribution in [-0.4, -0.2) is 16.9 Å². The van der Waals surface area contributed by atoms with Gasteiger partial charge in [-0.1, -0.05) is 12.1 Å². The van der Waals surface area contributed by atoms with Crippen LogP contribution in [0, 0.1) is 0 Å². The van der Waals surface area contributed by atoms with Gasteiger partial charge in [-0.3, -0.25) is 4.79 Å². The number of nitrogens with one attached hydrogen (secondary N) is 2. The highest BCUT2D eigenvalue weighted by atomic mass is 127. The minimum Gasteiger partial charge on any atom is -0.370 e. The first-order valence-electron chi connectivity index (χ1n) is 8.01. The highest BCUT2D eigenvalue weighted by Gasteiger charge is 2.10. The van der Waals surface area contributed by atoms with Gasteiger partial charge in [-0.25, -0.2) is 9.98 Å². The van der Waals surface area contributed by atoms with Crippen LogP contribution in [0.4, 0.5) is 11.5 Å². The summed E-state index contributed by atoms with van der Waals surface area (Å²) in [5.74, 6) is 0.759. The molecule has 2 aromatic rings. The largest absolute Gasteiger partial charge is 0.370 e. The van der Waals surface area contributed by atoms with E-state index in [0.29, 0.717) is 18.3 Å². The zero-order chi connectivity index (χ0) is 16.9. The Morgan fingerprint density at radius 2 is 2.00 bits per heavy atom. The highest BCUT2D eigenvalue weighted by Crippen LogP contribution is 2.24. The number of amides is 1. The van der Waals surface area contributed by atoms with Gasteiger partial charge in [-0.2, -0.15) is 0 Å². The van der Waals surface area contributed by atoms with Gasteiger partial charge in [0, 0.05) is 18.8 Å². The maximum atomic E-state index is 11.0. The van der Waals surface area contributed by atoms with Gasteiger partial charge in [0.1, 0.15) is 5.82 Å². The highest BCUT2D eigenvalue weighted by molar-refractivity contribution is 14.0. The number of hydrogen-bond donors (Lipinski definition) is 3. The predicted octanol–water partition coefficient (Wildman–Crippen LogP) is 3.07. The molecule has 0 saturated heterocycles. The van der Waals surface area contributed by atoms with Crippen molar-refractivity contribution in [1.29, 1.82) is 0 Å². The Labute approximate surface area is 164 Å². The number of hydrogen-bond acceptors (Lipinski definition) is 3. The van der Waals surface area contributed by atoms with E-state index in [1.54, 1.807) is 12.3 Å². The van der Waals surface area contributed by atoms with Crippen LogP contribution in [0.5, 0.6) is 0 Å². The fraction of sp³-hybridized carbons (Fsp3) is 0.278. The second kappa shape index (κ2) is 8.80. The molecule has 0 atom stereocenters. The van der Waals surface area contributed by atoms with Gasteiger partial charge >= 0.3 is 0 Å². The van der Waals surface area contributed by atoms with Crippen molar-refractivity contribution >= 4 is 47.3 Å². The number of benzene rings is 1. The third-order valence-corrected chi connectivity index (χ3v) is 3.93. The Balaban J connectivity index is 0.00000225. The Hall–Kier alpha value is -2.16. The Morgan fingerprint density at radius 3 is 2.72 bits per heavy atom. The number of aliphatic imine (C=N–C) groups is 1. The van der Waals surface area contributed by atoms with Crippen LogP contribution in [0.1, 0.15) is 30.0 Å². The summed E-state index contributed by atoms with van der Waals surface area (Å²) in [4.78, 5) is 19.4. The summed E-state index contributed by atoms with van der Waals surface area (Å²) < 4.78 is 0. The molecule has 7 heteroatoms. The van der Waals surface area contributed by atoms with Crippen molar-refractivity contribution in [2.45, 2.75) is 32.7 Å². The molecule has 0 unspecified atom stereocenters. The number of anilines is 2. The van der Waals surface area contributed by atoms with E-state index in [4.69, 9.17) is 5.73 Å². The van der Waals surface area contributed by atoms with Crippen LogP contribution in [0.15, 0.2) is 41.5 Å². The molecule has 0 bridgehead atoms. The van der Waals surface area contributed by atoms with Crippen molar-refractivity contribution in [3.8, 4) is 0 Å². The summed E-state index contributed by atoms with van der Waals surface area (Å²) in [6.45, 7) is 1.88. The van der Waals surface area contributed by atoms with Gasteiger partial charge in [0.15, 0.2) is 5.96 Å². The normalized spacial score (nSPS) is 12.9. The number of fused-ring (bicyclic) bond motifs is 1. The van der Waals surface area contributed by atoms with Crippen LogP contribution in [0.3, 0.4) is 0 Å². The lowest BCUT2D eigenvalue weighted by Crippen LogP contribution is -2.22. The lowest BCUT2D eigenvalue weighted by molar-refractivity contribution is -0.114. The van der Waals surface area contributed by atoms with E-state index in [9.17, 15) is 4.79 Å². The molecule has 1 aromatic heterocycles. The Morgan fingerprint density at radius 1 is 1.20 bits per heavy atom. The average molecular weight is 451 g/mol. The van der Waals surface area contributed by atoms with E-state index in [1.165, 1.54) is 30.9 Å². The third-order valence-electron chi connectivity index (χ3n) is 3.93. The molecule has 0 saturated carbocycles. The molecule has 0 aliphatic heterocycles. The van der Waals surface area contributed by atoms with Gasteiger partial charge < -0.3 is 16.4 Å². The molecule has 1 amide bonds. The van der Waals surface area contributed by atoms with Gasteiger partial charge in [0.25, 0.3) is 0 Å². The number of nitrogens with zero attached hydrogens (tertiary/aromatic N) is 2. The monoisotopic (exact) mass is 451 g/mol. The van der Waals surface area contributed by atoms with E-state index >= 15 is 0 Å². The Bertz CT molecular complexity index is 774. The minimum absolute atomic E-state index is 0. The summed E-state index contributed by atoms with van der Waals surface area (Å²) in [6, 6.07) is 9.95. The quantitative estimate of drug-likeness (QED) is 0.379. The third kappa shape index (κ3) is 5.42. The number of pyridine rings is 1. The smallest absolute Gasteiger partial charge is 0.222 e. The zero-order valence-electron chi connectivity index (χ0n) is 14.1. The molecular formula is C18H22IN5O. The van der Waals surface area contributed by atoms with Crippen molar-refractivity contribution in [2.24, 2.45) is 10.7 Å². The van der Waals surface area contributed by atoms with Gasteiger partial charge in [-0.05, 0) is 54.2 Å². The molecule has 25 heavy (non-hydrogen) atoms. The molecule has 0 radical (unpaired) electrons. The first kappa shape index (κ1) is 19.2. The Kier molecular flexibility index (Phi) is 6.74. The summed E-state index contributed by atoms with van der Waals surface area (Å²) in [7, 11) is 0. The SMILES string of the molecule is CC(=O)Nc1ccc(CN=C(N)Nc2ccc3c(c2)CCC3)cn1.I. The van der Waals surface area contributed by atoms with E-state index < -0.39 is 0 Å². The molecule has 6 nitrogen and oxygen atoms in total. The van der Waals surface area contributed by atoms with Crippen molar-refractivity contribution in [1.82, 2.24) is 4.98 Å². The van der Waals surface area contributed by atoms with Crippen molar-refractivity contribution in [3.05, 3.63) is 53.2 Å². The molecule has 4 N–H and O–H groups in total. The van der Waals surface area contributed by atoms with E-state index in [0.717, 1.165) is 17.7 Å². The van der Waals surface area contributed by atoms with Crippen LogP contribution in [0.25, 0.3) is 0 Å². The van der Waals surface area contributed by atoms with Crippen molar-refractivity contribution in [2.75, 3.05) is 10.6 Å². The number of carbonyl (C=O) groups excluding carboxylic acids is 1. The summed E-state index contributed by atoms with van der Waals surface area (Å²) >= 11 is 0. The van der Waals surface area contributed by atoms with E-state index in [-0.39, 0.29) is 29.9 Å². The molecule has 1 heterocycles. The lowest BCUT2D eigenvalue weighted by Gasteiger charge is -2.08. The summed E-state index contributed by atoms with van der Waals surface area (Å²) in [6.07, 6.45) is 5.20. The lowest BCUT2D eigenvalue weighted by atomic mass is 10.1. The molecule has 1 aliphatic rings. The van der Waals surface area contributed by atoms with Gasteiger partial charge in [0.05, 0.1) is 6.54 Å². The molecule has 1 aromatic carbocycles. The van der Waals surface area contributed by atoms with Gasteiger partial charge in [-0.15, -0.1) is 24.0 Å². The maximum Gasteiger partial charge on any atom is 0.222 e. The van der Waals surface area contributed by atoms with Crippen LogP contribution in [0.2, 0.25) is 0 Å². The number of guanidine groups is 1. The zero-order valence-corrected chi connectivity index (χ0v) is 16.4. The van der Waals surface area contributed by atoms with E-state index in [2.05, 4.69) is 32.7 Å². The number of nitrogens with two attached hydrogens (primary N) is 1. The predicted molar refractivity (Wildman–Crippen MR) is 111 cm³/mol. The number of rotatable bonds is 4. The van der Waals surface area contributed by atoms with E-state index in [1.807, 2.05) is 12.1 Å². The number of aryl methyl sites for hydroxylation is 2. The number of aromatic nitrogens is 1. The fourth-order valence-electron chi connectivity index (χ4n) is 2.79. The molecule has 0 spiro atoms. The topological polar surface area (TPSA) is 92.4 Å². The molecule has 3 rings (SSSR count). The number of halogens is 1. The fourth-order valence-corrected chi connectivity index (χ4v) is 2.79. The minimum atomic E-state index is -0.143. The first-order valence-corrected chi connectivity index (χ1v) is 8.01. The van der Waals surface area contributed by atoms with Crippen molar-refractivity contribution in [3.63, 3.8) is 0 Å². The van der Waals surface area contributed by atoms with Crippen LogP contribution in [-0.2, 0) is 24.2 Å². The molecule has 132 valence electrons. The summed E-state index contributed by atoms with van der Waals surface area (Å²) in [5, 5.41) is 5.76. The van der Waals surface area contributed by atoms with Gasteiger partial charge in [0.2, 0.25) is 5.91 Å².